The van der Waals surface area contributed by atoms with Crippen molar-refractivity contribution in [2.45, 2.75) is 6.92 Å². The molecule has 0 aliphatic heterocycles. The molecule has 1 N–H and O–H groups in total. The lowest BCUT2D eigenvalue weighted by Gasteiger charge is -1.88. The largest absolute Gasteiger partial charge is 0.359 e. The number of aryl methyl sites for hydroxylation is 1. The lowest BCUT2D eigenvalue weighted by atomic mass is 10.2. The van der Waals surface area contributed by atoms with Crippen molar-refractivity contribution in [3.05, 3.63) is 48.3 Å². The summed E-state index contributed by atoms with van der Waals surface area (Å²) in [6.45, 7) is 9.36. The molecule has 0 aliphatic carbocycles. The summed E-state index contributed by atoms with van der Waals surface area (Å²) in [5, 5.41) is 0. The first-order valence-electron chi connectivity index (χ1n) is 3.89. The van der Waals surface area contributed by atoms with Gasteiger partial charge in [-0.3, -0.25) is 0 Å². The van der Waals surface area contributed by atoms with Crippen LogP contribution in [0, 0.1) is 6.92 Å². The average molecular weight is 159 g/mol. The molecule has 1 aromatic rings. The first-order valence-corrected chi connectivity index (χ1v) is 3.89. The molecule has 1 heteroatoms. The van der Waals surface area contributed by atoms with Gasteiger partial charge < -0.3 is 4.98 Å². The highest BCUT2D eigenvalue weighted by atomic mass is 14.7. The van der Waals surface area contributed by atoms with E-state index >= 15 is 0 Å². The quantitative estimate of drug-likeness (QED) is 0.652. The van der Waals surface area contributed by atoms with Crippen LogP contribution in [-0.4, -0.2) is 4.98 Å². The van der Waals surface area contributed by atoms with Gasteiger partial charge in [0.2, 0.25) is 0 Å². The van der Waals surface area contributed by atoms with Crippen molar-refractivity contribution in [3.8, 4) is 0 Å². The van der Waals surface area contributed by atoms with Crippen LogP contribution in [0.4, 0.5) is 0 Å². The summed E-state index contributed by atoms with van der Waals surface area (Å²) in [5.41, 5.74) is 3.36. The third-order valence-electron chi connectivity index (χ3n) is 1.63. The van der Waals surface area contributed by atoms with Crippen molar-refractivity contribution < 1.29 is 0 Å². The monoisotopic (exact) mass is 159 g/mol. The van der Waals surface area contributed by atoms with Crippen LogP contribution in [0.3, 0.4) is 0 Å². The highest BCUT2D eigenvalue weighted by Gasteiger charge is 1.97. The zero-order chi connectivity index (χ0) is 8.97. The van der Waals surface area contributed by atoms with Crippen molar-refractivity contribution in [1.29, 1.82) is 0 Å². The Labute approximate surface area is 73.1 Å². The van der Waals surface area contributed by atoms with Gasteiger partial charge in [0.25, 0.3) is 0 Å². The van der Waals surface area contributed by atoms with E-state index < -0.39 is 0 Å². The Balaban J connectivity index is 3.04. The van der Waals surface area contributed by atoms with E-state index in [1.54, 1.807) is 6.08 Å². The Kier molecular flexibility index (Phi) is 2.70. The van der Waals surface area contributed by atoms with E-state index in [-0.39, 0.29) is 0 Å². The van der Waals surface area contributed by atoms with Crippen LogP contribution in [0.2, 0.25) is 0 Å². The fourth-order valence-electron chi connectivity index (χ4n) is 1.11. The van der Waals surface area contributed by atoms with Crippen LogP contribution in [-0.2, 0) is 0 Å². The van der Waals surface area contributed by atoms with Gasteiger partial charge in [-0.05, 0) is 24.6 Å². The predicted molar refractivity (Wildman–Crippen MR) is 54.9 cm³/mol. The second-order valence-electron chi connectivity index (χ2n) is 2.62. The lowest BCUT2D eigenvalue weighted by molar-refractivity contribution is 1.25. The van der Waals surface area contributed by atoms with Crippen LogP contribution in [0.25, 0.3) is 12.2 Å². The van der Waals surface area contributed by atoms with Gasteiger partial charge in [0, 0.05) is 11.4 Å². The molecule has 0 amide bonds. The number of hydrogen-bond acceptors (Lipinski definition) is 0. The highest BCUT2D eigenvalue weighted by Crippen LogP contribution is 2.13. The average Bonchev–Trinajstić information content (AvgIpc) is 2.42. The molecule has 0 bridgehead atoms. The van der Waals surface area contributed by atoms with E-state index in [0.29, 0.717) is 0 Å². The summed E-state index contributed by atoms with van der Waals surface area (Å²) in [7, 11) is 0. The molecule has 1 heterocycles. The molecular weight excluding hydrogens is 146 g/mol. The standard InChI is InChI=1S/C11H13N/c1-4-6-7-10-8-9(3)12-11(10)5-2/h4-8,12H,1-2H2,3H3/b7-6-. The smallest absolute Gasteiger partial charge is 0.0450 e. The van der Waals surface area contributed by atoms with Crippen molar-refractivity contribution in [1.82, 2.24) is 4.98 Å². The number of aromatic nitrogens is 1. The van der Waals surface area contributed by atoms with Gasteiger partial charge in [-0.2, -0.15) is 0 Å². The van der Waals surface area contributed by atoms with Gasteiger partial charge in [-0.1, -0.05) is 31.4 Å². The molecule has 12 heavy (non-hydrogen) atoms. The number of aromatic amines is 1. The Bertz CT molecular complexity index is 316. The Morgan fingerprint density at radius 1 is 1.42 bits per heavy atom. The van der Waals surface area contributed by atoms with Gasteiger partial charge in [0.15, 0.2) is 0 Å². The minimum absolute atomic E-state index is 1.06. The first-order chi connectivity index (χ1) is 5.77. The van der Waals surface area contributed by atoms with Crippen molar-refractivity contribution in [3.63, 3.8) is 0 Å². The Morgan fingerprint density at radius 3 is 2.75 bits per heavy atom. The van der Waals surface area contributed by atoms with Gasteiger partial charge in [-0.15, -0.1) is 0 Å². The summed E-state index contributed by atoms with van der Waals surface area (Å²) in [6, 6.07) is 2.08. The molecule has 62 valence electrons. The Morgan fingerprint density at radius 2 is 2.17 bits per heavy atom. The summed E-state index contributed by atoms with van der Waals surface area (Å²) >= 11 is 0. The van der Waals surface area contributed by atoms with Crippen LogP contribution < -0.4 is 0 Å². The Hall–Kier alpha value is -1.50. The fourth-order valence-corrected chi connectivity index (χ4v) is 1.11. The van der Waals surface area contributed by atoms with E-state index in [9.17, 15) is 0 Å². The van der Waals surface area contributed by atoms with Crippen molar-refractivity contribution in [2.75, 3.05) is 0 Å². The zero-order valence-electron chi connectivity index (χ0n) is 7.30. The molecule has 1 nitrogen and oxygen atoms in total. The summed E-state index contributed by atoms with van der Waals surface area (Å²) in [4.78, 5) is 3.20. The predicted octanol–water partition coefficient (Wildman–Crippen LogP) is 3.17. The molecule has 0 saturated heterocycles. The SMILES string of the molecule is C=C/C=C\c1cc(C)[nH]c1C=C. The lowest BCUT2D eigenvalue weighted by Crippen LogP contribution is -1.73. The van der Waals surface area contributed by atoms with E-state index in [1.165, 1.54) is 0 Å². The molecule has 1 rings (SSSR count). The fraction of sp³-hybridized carbons (Fsp3) is 0.0909. The maximum absolute atomic E-state index is 3.72. The summed E-state index contributed by atoms with van der Waals surface area (Å²) in [5.74, 6) is 0. The van der Waals surface area contributed by atoms with Gasteiger partial charge >= 0.3 is 0 Å². The van der Waals surface area contributed by atoms with Crippen molar-refractivity contribution in [2.24, 2.45) is 0 Å². The number of H-pyrrole nitrogens is 1. The first kappa shape index (κ1) is 8.60. The minimum atomic E-state index is 1.06. The maximum atomic E-state index is 3.72. The molecule has 0 aromatic carbocycles. The van der Waals surface area contributed by atoms with Gasteiger partial charge in [-0.25, -0.2) is 0 Å². The van der Waals surface area contributed by atoms with Crippen LogP contribution >= 0.6 is 0 Å². The third-order valence-corrected chi connectivity index (χ3v) is 1.63. The van der Waals surface area contributed by atoms with Crippen LogP contribution in [0.15, 0.2) is 31.4 Å². The van der Waals surface area contributed by atoms with Gasteiger partial charge in [0.05, 0.1) is 0 Å². The third kappa shape index (κ3) is 1.76. The van der Waals surface area contributed by atoms with Crippen LogP contribution in [0.5, 0.6) is 0 Å². The molecule has 0 radical (unpaired) electrons. The normalized spacial score (nSPS) is 10.4. The molecular formula is C11H13N. The van der Waals surface area contributed by atoms with Crippen LogP contribution in [0.1, 0.15) is 17.0 Å². The molecule has 0 fully saturated rings. The molecule has 0 unspecified atom stereocenters. The van der Waals surface area contributed by atoms with E-state index in [2.05, 4.69) is 24.2 Å². The van der Waals surface area contributed by atoms with E-state index in [4.69, 9.17) is 0 Å². The molecule has 1 aromatic heterocycles. The molecule has 0 spiro atoms. The number of allylic oxidation sites excluding steroid dienone is 2. The summed E-state index contributed by atoms with van der Waals surface area (Å²) in [6.07, 6.45) is 7.49. The second kappa shape index (κ2) is 3.77. The maximum Gasteiger partial charge on any atom is 0.0450 e. The minimum Gasteiger partial charge on any atom is -0.359 e. The van der Waals surface area contributed by atoms with E-state index in [0.717, 1.165) is 17.0 Å². The van der Waals surface area contributed by atoms with E-state index in [1.807, 2.05) is 25.2 Å². The highest BCUT2D eigenvalue weighted by molar-refractivity contribution is 5.63. The topological polar surface area (TPSA) is 15.8 Å². The number of nitrogens with one attached hydrogen (secondary N) is 1. The van der Waals surface area contributed by atoms with Gasteiger partial charge in [0.1, 0.15) is 0 Å². The molecule has 0 aliphatic rings. The second-order valence-corrected chi connectivity index (χ2v) is 2.62. The summed E-state index contributed by atoms with van der Waals surface area (Å²) < 4.78 is 0. The molecule has 0 atom stereocenters. The zero-order valence-corrected chi connectivity index (χ0v) is 7.30. The molecule has 0 saturated carbocycles. The number of rotatable bonds is 3. The number of hydrogen-bond donors (Lipinski definition) is 1. The van der Waals surface area contributed by atoms with Crippen molar-refractivity contribution >= 4 is 12.2 Å².